The lowest BCUT2D eigenvalue weighted by molar-refractivity contribution is 0.322. The maximum absolute atomic E-state index is 4.17. The van der Waals surface area contributed by atoms with E-state index in [1.54, 1.807) is 6.20 Å². The maximum Gasteiger partial charge on any atom is 0.104 e. The van der Waals surface area contributed by atoms with Gasteiger partial charge in [-0.25, -0.2) is 0 Å². The number of nitrogens with zero attached hydrogens (tertiary/aromatic N) is 2. The minimum absolute atomic E-state index is 0.286. The zero-order valence-corrected chi connectivity index (χ0v) is 8.72. The molecule has 0 atom stereocenters. The normalized spacial score (nSPS) is 12.0. The third-order valence-corrected chi connectivity index (χ3v) is 1.96. The van der Waals surface area contributed by atoms with Gasteiger partial charge in [0.1, 0.15) is 4.60 Å². The summed E-state index contributed by atoms with van der Waals surface area (Å²) in [5.74, 6) is 0. The summed E-state index contributed by atoms with van der Waals surface area (Å²) in [5.41, 5.74) is 0.286. The average Bonchev–Trinajstić information content (AvgIpc) is 2.12. The van der Waals surface area contributed by atoms with Crippen LogP contribution in [0, 0.1) is 5.41 Å². The van der Waals surface area contributed by atoms with E-state index in [4.69, 9.17) is 0 Å². The zero-order valence-electron chi connectivity index (χ0n) is 7.13. The first-order chi connectivity index (χ1) is 4.99. The van der Waals surface area contributed by atoms with E-state index < -0.39 is 0 Å². The second-order valence-electron chi connectivity index (χ2n) is 3.87. The average molecular weight is 217 g/mol. The van der Waals surface area contributed by atoms with Gasteiger partial charge in [-0.2, -0.15) is 5.10 Å². The first kappa shape index (κ1) is 8.78. The van der Waals surface area contributed by atoms with Crippen LogP contribution >= 0.6 is 15.9 Å². The molecule has 0 fully saturated rings. The summed E-state index contributed by atoms with van der Waals surface area (Å²) in [6.45, 7) is 7.53. The van der Waals surface area contributed by atoms with Crippen LogP contribution < -0.4 is 0 Å². The van der Waals surface area contributed by atoms with Gasteiger partial charge in [0.05, 0.1) is 6.20 Å². The van der Waals surface area contributed by atoms with Gasteiger partial charge in [0, 0.05) is 6.54 Å². The fourth-order valence-corrected chi connectivity index (χ4v) is 1.22. The van der Waals surface area contributed by atoms with Gasteiger partial charge in [-0.05, 0) is 27.4 Å². The molecule has 0 saturated carbocycles. The topological polar surface area (TPSA) is 17.8 Å². The molecular formula is C8H13BrN2. The molecule has 2 nitrogen and oxygen atoms in total. The van der Waals surface area contributed by atoms with E-state index in [0.29, 0.717) is 0 Å². The predicted octanol–water partition coefficient (Wildman–Crippen LogP) is 2.69. The lowest BCUT2D eigenvalue weighted by Crippen LogP contribution is -2.16. The Morgan fingerprint density at radius 3 is 2.55 bits per heavy atom. The summed E-state index contributed by atoms with van der Waals surface area (Å²) in [6.07, 6.45) is 1.80. The standard InChI is InChI=1S/C8H13BrN2/c1-8(2,3)6-11-7(9)4-5-10-11/h4-5H,6H2,1-3H3. The minimum Gasteiger partial charge on any atom is -0.258 e. The van der Waals surface area contributed by atoms with Crippen molar-refractivity contribution in [3.8, 4) is 0 Å². The summed E-state index contributed by atoms with van der Waals surface area (Å²) in [6, 6.07) is 1.95. The highest BCUT2D eigenvalue weighted by molar-refractivity contribution is 9.10. The lowest BCUT2D eigenvalue weighted by atomic mass is 9.97. The van der Waals surface area contributed by atoms with Crippen LogP contribution in [0.3, 0.4) is 0 Å². The van der Waals surface area contributed by atoms with Gasteiger partial charge in [-0.3, -0.25) is 4.68 Å². The fraction of sp³-hybridized carbons (Fsp3) is 0.625. The molecule has 62 valence electrons. The van der Waals surface area contributed by atoms with Gasteiger partial charge in [-0.1, -0.05) is 20.8 Å². The zero-order chi connectivity index (χ0) is 8.48. The van der Waals surface area contributed by atoms with E-state index in [1.165, 1.54) is 0 Å². The van der Waals surface area contributed by atoms with E-state index in [2.05, 4.69) is 41.8 Å². The molecule has 11 heavy (non-hydrogen) atoms. The van der Waals surface area contributed by atoms with Crippen LogP contribution in [-0.4, -0.2) is 9.78 Å². The van der Waals surface area contributed by atoms with Crippen LogP contribution in [0.15, 0.2) is 16.9 Å². The number of aromatic nitrogens is 2. The van der Waals surface area contributed by atoms with Gasteiger partial charge in [0.2, 0.25) is 0 Å². The second kappa shape index (κ2) is 2.97. The van der Waals surface area contributed by atoms with Crippen molar-refractivity contribution < 1.29 is 0 Å². The molecule has 1 rings (SSSR count). The predicted molar refractivity (Wildman–Crippen MR) is 49.4 cm³/mol. The van der Waals surface area contributed by atoms with Crippen molar-refractivity contribution in [1.29, 1.82) is 0 Å². The third kappa shape index (κ3) is 2.66. The monoisotopic (exact) mass is 216 g/mol. The molecule has 1 aromatic heterocycles. The van der Waals surface area contributed by atoms with Crippen LogP contribution in [0.5, 0.6) is 0 Å². The van der Waals surface area contributed by atoms with Crippen LogP contribution in [0.25, 0.3) is 0 Å². The molecule has 0 saturated heterocycles. The summed E-state index contributed by atoms with van der Waals surface area (Å²) in [7, 11) is 0. The fourth-order valence-electron chi connectivity index (χ4n) is 0.882. The Balaban J connectivity index is 2.72. The van der Waals surface area contributed by atoms with Crippen molar-refractivity contribution in [3.63, 3.8) is 0 Å². The van der Waals surface area contributed by atoms with Gasteiger partial charge in [0.15, 0.2) is 0 Å². The first-order valence-corrected chi connectivity index (χ1v) is 4.46. The van der Waals surface area contributed by atoms with Crippen LogP contribution in [0.1, 0.15) is 20.8 Å². The molecule has 0 aliphatic carbocycles. The summed E-state index contributed by atoms with van der Waals surface area (Å²) >= 11 is 3.42. The molecule has 0 radical (unpaired) electrons. The van der Waals surface area contributed by atoms with Crippen molar-refractivity contribution >= 4 is 15.9 Å². The van der Waals surface area contributed by atoms with Crippen LogP contribution in [0.2, 0.25) is 0 Å². The maximum atomic E-state index is 4.17. The van der Waals surface area contributed by atoms with E-state index in [0.717, 1.165) is 11.1 Å². The SMILES string of the molecule is CC(C)(C)Cn1nccc1Br. The van der Waals surface area contributed by atoms with Gasteiger partial charge < -0.3 is 0 Å². The van der Waals surface area contributed by atoms with Crippen molar-refractivity contribution in [2.75, 3.05) is 0 Å². The Bertz CT molecular complexity index is 234. The van der Waals surface area contributed by atoms with Gasteiger partial charge in [-0.15, -0.1) is 0 Å². The van der Waals surface area contributed by atoms with Crippen LogP contribution in [0.4, 0.5) is 0 Å². The minimum atomic E-state index is 0.286. The van der Waals surface area contributed by atoms with Crippen molar-refractivity contribution in [2.24, 2.45) is 5.41 Å². The van der Waals surface area contributed by atoms with Gasteiger partial charge >= 0.3 is 0 Å². The Hall–Kier alpha value is -0.310. The highest BCUT2D eigenvalue weighted by Gasteiger charge is 2.12. The number of hydrogen-bond acceptors (Lipinski definition) is 1. The molecule has 0 aromatic carbocycles. The third-order valence-electron chi connectivity index (χ3n) is 1.29. The smallest absolute Gasteiger partial charge is 0.104 e. The van der Waals surface area contributed by atoms with E-state index >= 15 is 0 Å². The summed E-state index contributed by atoms with van der Waals surface area (Å²) in [5, 5.41) is 4.17. The molecule has 0 aliphatic rings. The molecule has 0 amide bonds. The quantitative estimate of drug-likeness (QED) is 0.707. The number of rotatable bonds is 1. The summed E-state index contributed by atoms with van der Waals surface area (Å²) in [4.78, 5) is 0. The number of halogens is 1. The molecule has 1 aromatic rings. The molecule has 0 unspecified atom stereocenters. The Morgan fingerprint density at radius 2 is 2.18 bits per heavy atom. The van der Waals surface area contributed by atoms with Crippen molar-refractivity contribution in [1.82, 2.24) is 9.78 Å². The van der Waals surface area contributed by atoms with Crippen LogP contribution in [-0.2, 0) is 6.54 Å². The molecule has 0 aliphatic heterocycles. The Morgan fingerprint density at radius 1 is 1.55 bits per heavy atom. The van der Waals surface area contributed by atoms with Crippen molar-refractivity contribution in [2.45, 2.75) is 27.3 Å². The lowest BCUT2D eigenvalue weighted by Gasteiger charge is -2.18. The molecule has 1 heterocycles. The van der Waals surface area contributed by atoms with E-state index in [9.17, 15) is 0 Å². The summed E-state index contributed by atoms with van der Waals surface area (Å²) < 4.78 is 3.01. The van der Waals surface area contributed by atoms with E-state index in [-0.39, 0.29) is 5.41 Å². The molecule has 0 N–H and O–H groups in total. The first-order valence-electron chi connectivity index (χ1n) is 3.66. The largest absolute Gasteiger partial charge is 0.258 e. The Labute approximate surface area is 75.7 Å². The molecule has 0 spiro atoms. The molecule has 0 bridgehead atoms. The Kier molecular flexibility index (Phi) is 2.37. The highest BCUT2D eigenvalue weighted by atomic mass is 79.9. The number of hydrogen-bond donors (Lipinski definition) is 0. The van der Waals surface area contributed by atoms with Crippen molar-refractivity contribution in [3.05, 3.63) is 16.9 Å². The molecule has 3 heteroatoms. The van der Waals surface area contributed by atoms with E-state index in [1.807, 2.05) is 10.7 Å². The second-order valence-corrected chi connectivity index (χ2v) is 4.68. The molecular weight excluding hydrogens is 204 g/mol. The highest BCUT2D eigenvalue weighted by Crippen LogP contribution is 2.18. The van der Waals surface area contributed by atoms with Gasteiger partial charge in [0.25, 0.3) is 0 Å².